The maximum absolute atomic E-state index is 11.6. The van der Waals surface area contributed by atoms with E-state index in [0.717, 1.165) is 6.42 Å². The summed E-state index contributed by atoms with van der Waals surface area (Å²) in [5, 5.41) is 0. The van der Waals surface area contributed by atoms with Crippen LogP contribution in [0.2, 0.25) is 0 Å². The van der Waals surface area contributed by atoms with Crippen LogP contribution >= 0.6 is 7.60 Å². The van der Waals surface area contributed by atoms with Gasteiger partial charge in [0.25, 0.3) is 0 Å². The quantitative estimate of drug-likeness (QED) is 0.563. The summed E-state index contributed by atoms with van der Waals surface area (Å²) in [6.07, 6.45) is -0.0756. The summed E-state index contributed by atoms with van der Waals surface area (Å²) in [6.45, 7) is 3.59. The minimum Gasteiger partial charge on any atom is -0.378 e. The molecule has 0 radical (unpaired) electrons. The molecular weight excluding hydrogens is 230 g/mol. The summed E-state index contributed by atoms with van der Waals surface area (Å²) in [7, 11) is -0.0642. The lowest BCUT2D eigenvalue weighted by Crippen LogP contribution is -2.36. The van der Waals surface area contributed by atoms with E-state index in [-0.39, 0.29) is 24.4 Å². The van der Waals surface area contributed by atoms with E-state index < -0.39 is 13.7 Å². The highest BCUT2D eigenvalue weighted by Gasteiger charge is 2.45. The Balaban J connectivity index is 2.77. The third-order valence-electron chi connectivity index (χ3n) is 2.90. The van der Waals surface area contributed by atoms with Gasteiger partial charge in [-0.15, -0.1) is 0 Å². The van der Waals surface area contributed by atoms with Crippen LogP contribution in [0.5, 0.6) is 0 Å². The molecule has 1 heterocycles. The predicted molar refractivity (Wildman–Crippen MR) is 63.5 cm³/mol. The van der Waals surface area contributed by atoms with E-state index in [2.05, 4.69) is 0 Å². The average molecular weight is 250 g/mol. The van der Waals surface area contributed by atoms with Crippen molar-refractivity contribution in [3.63, 3.8) is 0 Å². The SMILES string of the molecule is B[C@@H]1O[C@H](CC)C(OP(=O)(O)CC)[C@@H]1OC. The van der Waals surface area contributed by atoms with Crippen LogP contribution in [0.25, 0.3) is 0 Å². The first-order valence-corrected chi connectivity index (χ1v) is 7.39. The molecule has 16 heavy (non-hydrogen) atoms. The highest BCUT2D eigenvalue weighted by molar-refractivity contribution is 7.52. The van der Waals surface area contributed by atoms with Crippen molar-refractivity contribution in [2.24, 2.45) is 0 Å². The van der Waals surface area contributed by atoms with Gasteiger partial charge in [-0.3, -0.25) is 9.09 Å². The molecule has 0 saturated carbocycles. The van der Waals surface area contributed by atoms with Gasteiger partial charge in [0.05, 0.1) is 12.1 Å². The van der Waals surface area contributed by atoms with Crippen LogP contribution in [0.15, 0.2) is 0 Å². The standard InChI is InChI=1S/C9H20BO5P/c1-4-6-7(15-16(11,12)5-2)8(13-3)9(10)14-6/h6-9H,4-5,10H2,1-3H3,(H,11,12)/t6-,7?,8+,9-/m1/s1. The fourth-order valence-corrected chi connectivity index (χ4v) is 2.74. The van der Waals surface area contributed by atoms with Crippen LogP contribution in [-0.2, 0) is 18.6 Å². The predicted octanol–water partition coefficient (Wildman–Crippen LogP) is 0.360. The highest BCUT2D eigenvalue weighted by atomic mass is 31.2. The molecule has 0 spiro atoms. The molecule has 1 aliphatic rings. The Morgan fingerprint density at radius 2 is 2.06 bits per heavy atom. The highest BCUT2D eigenvalue weighted by Crippen LogP contribution is 2.46. The van der Waals surface area contributed by atoms with E-state index >= 15 is 0 Å². The molecule has 5 atom stereocenters. The first kappa shape index (κ1) is 14.2. The molecule has 5 nitrogen and oxygen atoms in total. The minimum absolute atomic E-state index is 0.102. The van der Waals surface area contributed by atoms with Gasteiger partial charge in [-0.25, -0.2) is 0 Å². The molecule has 0 bridgehead atoms. The third kappa shape index (κ3) is 3.08. The summed E-state index contributed by atoms with van der Waals surface area (Å²) in [5.41, 5.74) is 0. The van der Waals surface area contributed by atoms with Gasteiger partial charge in [-0.2, -0.15) is 0 Å². The van der Waals surface area contributed by atoms with E-state index in [9.17, 15) is 9.46 Å². The fraction of sp³-hybridized carbons (Fsp3) is 1.00. The number of hydrogen-bond donors (Lipinski definition) is 1. The molecule has 0 aromatic heterocycles. The smallest absolute Gasteiger partial charge is 0.328 e. The van der Waals surface area contributed by atoms with E-state index in [1.165, 1.54) is 0 Å². The van der Waals surface area contributed by atoms with Crippen molar-refractivity contribution in [3.05, 3.63) is 0 Å². The van der Waals surface area contributed by atoms with Crippen molar-refractivity contribution >= 4 is 15.4 Å². The Labute approximate surface area is 97.4 Å². The van der Waals surface area contributed by atoms with Crippen molar-refractivity contribution < 1.29 is 23.5 Å². The largest absolute Gasteiger partial charge is 0.378 e. The van der Waals surface area contributed by atoms with Gasteiger partial charge >= 0.3 is 7.60 Å². The maximum atomic E-state index is 11.6. The Kier molecular flexibility index (Phi) is 5.01. The molecule has 1 N–H and O–H groups in total. The lowest BCUT2D eigenvalue weighted by Gasteiger charge is -2.24. The summed E-state index contributed by atoms with van der Waals surface area (Å²) in [4.78, 5) is 9.52. The van der Waals surface area contributed by atoms with E-state index in [1.807, 2.05) is 14.8 Å². The second-order valence-electron chi connectivity index (χ2n) is 4.01. The van der Waals surface area contributed by atoms with E-state index in [1.54, 1.807) is 14.0 Å². The molecule has 1 aliphatic heterocycles. The molecule has 7 heteroatoms. The Hall–Kier alpha value is 0.135. The van der Waals surface area contributed by atoms with Crippen molar-refractivity contribution in [2.45, 2.75) is 44.6 Å². The zero-order chi connectivity index (χ0) is 12.3. The molecule has 0 amide bonds. The third-order valence-corrected chi connectivity index (χ3v) is 4.28. The lowest BCUT2D eigenvalue weighted by atomic mass is 9.92. The second kappa shape index (κ2) is 5.65. The van der Waals surface area contributed by atoms with Crippen LogP contribution in [0.4, 0.5) is 0 Å². The number of methoxy groups -OCH3 is 1. The average Bonchev–Trinajstić information content (AvgIpc) is 2.53. The number of ether oxygens (including phenoxy) is 2. The fourth-order valence-electron chi connectivity index (χ4n) is 1.96. The van der Waals surface area contributed by atoms with Crippen molar-refractivity contribution in [2.75, 3.05) is 13.3 Å². The monoisotopic (exact) mass is 250 g/mol. The van der Waals surface area contributed by atoms with Gasteiger partial charge in [-0.05, 0) is 6.42 Å². The van der Waals surface area contributed by atoms with Gasteiger partial charge in [0.15, 0.2) is 0 Å². The molecule has 1 saturated heterocycles. The topological polar surface area (TPSA) is 65.0 Å². The molecule has 0 aromatic rings. The molecule has 94 valence electrons. The van der Waals surface area contributed by atoms with E-state index in [4.69, 9.17) is 14.0 Å². The molecule has 0 aliphatic carbocycles. The van der Waals surface area contributed by atoms with Crippen LogP contribution in [0.1, 0.15) is 20.3 Å². The molecule has 0 aromatic carbocycles. The lowest BCUT2D eigenvalue weighted by molar-refractivity contribution is 0.0128. The van der Waals surface area contributed by atoms with Crippen molar-refractivity contribution in [3.8, 4) is 0 Å². The minimum atomic E-state index is -3.51. The summed E-state index contributed by atoms with van der Waals surface area (Å²) < 4.78 is 27.8. The van der Waals surface area contributed by atoms with Crippen molar-refractivity contribution in [1.29, 1.82) is 0 Å². The molecule has 1 fully saturated rings. The normalized spacial score (nSPS) is 38.5. The summed E-state index contributed by atoms with van der Waals surface area (Å²) in [6, 6.07) is -0.114. The Bertz CT molecular complexity index is 275. The van der Waals surface area contributed by atoms with Gasteiger partial charge in [0.2, 0.25) is 0 Å². The Morgan fingerprint density at radius 3 is 2.50 bits per heavy atom. The second-order valence-corrected chi connectivity index (χ2v) is 6.13. The molecular formula is C9H20BO5P. The van der Waals surface area contributed by atoms with Gasteiger partial charge in [0, 0.05) is 13.3 Å². The van der Waals surface area contributed by atoms with Gasteiger partial charge in [-0.1, -0.05) is 13.8 Å². The van der Waals surface area contributed by atoms with Gasteiger partial charge in [0.1, 0.15) is 20.1 Å². The first-order valence-electron chi connectivity index (χ1n) is 5.63. The van der Waals surface area contributed by atoms with Crippen molar-refractivity contribution in [1.82, 2.24) is 0 Å². The molecule has 1 rings (SSSR count). The summed E-state index contributed by atoms with van der Waals surface area (Å²) >= 11 is 0. The van der Waals surface area contributed by atoms with Gasteiger partial charge < -0.3 is 14.4 Å². The zero-order valence-electron chi connectivity index (χ0n) is 10.3. The zero-order valence-corrected chi connectivity index (χ0v) is 11.1. The summed E-state index contributed by atoms with van der Waals surface area (Å²) in [5.74, 6) is 0. The number of hydrogen-bond acceptors (Lipinski definition) is 4. The molecule has 2 unspecified atom stereocenters. The van der Waals surface area contributed by atoms with Crippen LogP contribution in [0, 0.1) is 0 Å². The Morgan fingerprint density at radius 1 is 1.44 bits per heavy atom. The van der Waals surface area contributed by atoms with E-state index in [0.29, 0.717) is 0 Å². The number of rotatable bonds is 5. The van der Waals surface area contributed by atoms with Crippen LogP contribution in [0.3, 0.4) is 0 Å². The van der Waals surface area contributed by atoms with Crippen LogP contribution in [-0.4, -0.2) is 50.3 Å². The van der Waals surface area contributed by atoms with Crippen LogP contribution < -0.4 is 0 Å². The maximum Gasteiger partial charge on any atom is 0.328 e. The first-order chi connectivity index (χ1) is 7.45.